The lowest BCUT2D eigenvalue weighted by atomic mass is 10.1. The molecule has 1 N–H and O–H groups in total. The minimum absolute atomic E-state index is 0.129. The van der Waals surface area contributed by atoms with Gasteiger partial charge < -0.3 is 15.0 Å². The van der Waals surface area contributed by atoms with Crippen LogP contribution in [0.5, 0.6) is 0 Å². The van der Waals surface area contributed by atoms with Crippen molar-refractivity contribution in [1.29, 1.82) is 0 Å². The molecule has 0 atom stereocenters. The van der Waals surface area contributed by atoms with Crippen molar-refractivity contribution in [2.75, 3.05) is 31.9 Å². The van der Waals surface area contributed by atoms with Crippen molar-refractivity contribution in [1.82, 2.24) is 15.1 Å². The van der Waals surface area contributed by atoms with Gasteiger partial charge in [0.2, 0.25) is 0 Å². The monoisotopic (exact) mass is 581 g/mol. The van der Waals surface area contributed by atoms with Crippen LogP contribution in [0.4, 0.5) is 4.79 Å². The van der Waals surface area contributed by atoms with E-state index in [1.54, 1.807) is 16.7 Å². The molecule has 1 aliphatic rings. The van der Waals surface area contributed by atoms with E-state index in [4.69, 9.17) is 16.3 Å². The molecule has 1 heterocycles. The summed E-state index contributed by atoms with van der Waals surface area (Å²) in [4.78, 5) is 30.3. The van der Waals surface area contributed by atoms with E-state index in [-0.39, 0.29) is 12.0 Å². The van der Waals surface area contributed by atoms with E-state index in [1.807, 2.05) is 57.2 Å². The zero-order valence-electron chi connectivity index (χ0n) is 20.7. The van der Waals surface area contributed by atoms with Crippen molar-refractivity contribution in [3.63, 3.8) is 0 Å². The fraction of sp³-hybridized carbons (Fsp3) is 0.462. The van der Waals surface area contributed by atoms with Gasteiger partial charge in [-0.25, -0.2) is 4.79 Å². The van der Waals surface area contributed by atoms with Gasteiger partial charge in [-0.2, -0.15) is 0 Å². The highest BCUT2D eigenvalue weighted by atomic mass is 79.9. The number of nitrogens with zero attached hydrogens (tertiary/aromatic N) is 2. The number of hydrogen-bond acceptors (Lipinski definition) is 5. The molecule has 9 heteroatoms. The number of amides is 2. The molecule has 2 aromatic rings. The number of piperazine rings is 1. The Kier molecular flexibility index (Phi) is 9.93. The van der Waals surface area contributed by atoms with Gasteiger partial charge in [0.05, 0.1) is 0 Å². The van der Waals surface area contributed by atoms with Gasteiger partial charge in [-0.1, -0.05) is 40.5 Å². The molecule has 6 nitrogen and oxygen atoms in total. The molecule has 0 unspecified atom stereocenters. The third kappa shape index (κ3) is 8.41. The molecule has 0 bridgehead atoms. The lowest BCUT2D eigenvalue weighted by Gasteiger charge is -2.35. The van der Waals surface area contributed by atoms with E-state index in [1.165, 1.54) is 0 Å². The van der Waals surface area contributed by atoms with Gasteiger partial charge in [0.15, 0.2) is 0 Å². The first-order valence-electron chi connectivity index (χ1n) is 11.7. The van der Waals surface area contributed by atoms with Crippen LogP contribution in [0.1, 0.15) is 49.2 Å². The average molecular weight is 583 g/mol. The predicted molar refractivity (Wildman–Crippen MR) is 146 cm³/mol. The smallest absolute Gasteiger partial charge is 0.410 e. The maximum Gasteiger partial charge on any atom is 0.410 e. The second-order valence-corrected chi connectivity index (χ2v) is 12.0. The summed E-state index contributed by atoms with van der Waals surface area (Å²) in [5.74, 6) is 0.822. The lowest BCUT2D eigenvalue weighted by Crippen LogP contribution is -2.49. The van der Waals surface area contributed by atoms with Crippen molar-refractivity contribution >= 4 is 51.3 Å². The first kappa shape index (κ1) is 27.8. The summed E-state index contributed by atoms with van der Waals surface area (Å²) in [5.41, 5.74) is 2.22. The second kappa shape index (κ2) is 12.5. The summed E-state index contributed by atoms with van der Waals surface area (Å²) in [7, 11) is 0. The first-order chi connectivity index (χ1) is 16.6. The van der Waals surface area contributed by atoms with E-state index in [2.05, 4.69) is 33.1 Å². The molecular formula is C26H33BrClN3O3S. The molecule has 3 rings (SSSR count). The van der Waals surface area contributed by atoms with Gasteiger partial charge in [-0.05, 0) is 68.0 Å². The maximum atomic E-state index is 12.8. The quantitative estimate of drug-likeness (QED) is 0.394. The van der Waals surface area contributed by atoms with E-state index < -0.39 is 5.60 Å². The summed E-state index contributed by atoms with van der Waals surface area (Å²) < 4.78 is 6.37. The zero-order valence-corrected chi connectivity index (χ0v) is 23.9. The van der Waals surface area contributed by atoms with E-state index in [9.17, 15) is 9.59 Å². The minimum atomic E-state index is -0.488. The third-order valence-electron chi connectivity index (χ3n) is 5.49. The third-order valence-corrected chi connectivity index (χ3v) is 7.47. The standard InChI is InChI=1S/C26H33BrClN3O3S/c1-5-35-23-9-8-21(28)14-20(23)16-29-24(32)18-6-7-19(22(27)15-18)17-30-10-12-31(13-11-30)25(33)34-26(2,3)4/h6-9,14-15H,5,10-13,16-17H2,1-4H3,(H,29,32). The molecule has 35 heavy (non-hydrogen) atoms. The molecular weight excluding hydrogens is 550 g/mol. The van der Waals surface area contributed by atoms with Crippen molar-refractivity contribution in [3.05, 3.63) is 62.6 Å². The largest absolute Gasteiger partial charge is 0.444 e. The molecule has 1 aliphatic heterocycles. The van der Waals surface area contributed by atoms with Gasteiger partial charge in [0.1, 0.15) is 5.60 Å². The zero-order chi connectivity index (χ0) is 25.6. The molecule has 0 aromatic heterocycles. The number of thioether (sulfide) groups is 1. The maximum absolute atomic E-state index is 12.8. The fourth-order valence-electron chi connectivity index (χ4n) is 3.73. The van der Waals surface area contributed by atoms with Crippen molar-refractivity contribution < 1.29 is 14.3 Å². The van der Waals surface area contributed by atoms with E-state index >= 15 is 0 Å². The number of ether oxygens (including phenoxy) is 1. The summed E-state index contributed by atoms with van der Waals surface area (Å²) in [6.07, 6.45) is -0.258. The molecule has 1 fully saturated rings. The number of hydrogen-bond donors (Lipinski definition) is 1. The number of carbonyl (C=O) groups is 2. The SMILES string of the molecule is CCSc1ccc(Cl)cc1CNC(=O)c1ccc(CN2CCN(C(=O)OC(C)(C)C)CC2)c(Br)c1. The van der Waals surface area contributed by atoms with Crippen LogP contribution in [0.3, 0.4) is 0 Å². The van der Waals surface area contributed by atoms with Crippen LogP contribution in [-0.4, -0.2) is 59.3 Å². The second-order valence-electron chi connectivity index (χ2n) is 9.42. The Morgan fingerprint density at radius 1 is 1.09 bits per heavy atom. The van der Waals surface area contributed by atoms with Crippen LogP contribution in [0, 0.1) is 0 Å². The summed E-state index contributed by atoms with van der Waals surface area (Å²) in [6, 6.07) is 11.5. The summed E-state index contributed by atoms with van der Waals surface area (Å²) in [6.45, 7) is 11.7. The number of benzene rings is 2. The van der Waals surface area contributed by atoms with Gasteiger partial charge in [0, 0.05) is 59.2 Å². The molecule has 0 spiro atoms. The summed E-state index contributed by atoms with van der Waals surface area (Å²) >= 11 is 11.5. The number of nitrogens with one attached hydrogen (secondary N) is 1. The van der Waals surface area contributed by atoms with Crippen molar-refractivity contribution in [2.24, 2.45) is 0 Å². The number of halogens is 2. The minimum Gasteiger partial charge on any atom is -0.444 e. The van der Waals surface area contributed by atoms with Crippen LogP contribution >= 0.6 is 39.3 Å². The van der Waals surface area contributed by atoms with E-state index in [0.29, 0.717) is 30.2 Å². The van der Waals surface area contributed by atoms with Crippen LogP contribution in [0.25, 0.3) is 0 Å². The van der Waals surface area contributed by atoms with Crippen molar-refractivity contribution in [3.8, 4) is 0 Å². The molecule has 0 radical (unpaired) electrons. The number of rotatable bonds is 7. The molecule has 190 valence electrons. The van der Waals surface area contributed by atoms with Gasteiger partial charge in [0.25, 0.3) is 5.91 Å². The first-order valence-corrected chi connectivity index (χ1v) is 13.9. The average Bonchev–Trinajstić information content (AvgIpc) is 2.79. The van der Waals surface area contributed by atoms with E-state index in [0.717, 1.165) is 45.9 Å². The Morgan fingerprint density at radius 3 is 2.43 bits per heavy atom. The highest BCUT2D eigenvalue weighted by molar-refractivity contribution is 9.10. The Hall–Kier alpha value is -1.74. The Bertz CT molecular complexity index is 1050. The lowest BCUT2D eigenvalue weighted by molar-refractivity contribution is 0.0139. The van der Waals surface area contributed by atoms with Gasteiger partial charge >= 0.3 is 6.09 Å². The Morgan fingerprint density at radius 2 is 1.80 bits per heavy atom. The number of carbonyl (C=O) groups excluding carboxylic acids is 2. The molecule has 2 amide bonds. The highest BCUT2D eigenvalue weighted by Crippen LogP contribution is 2.26. The molecule has 1 saturated heterocycles. The topological polar surface area (TPSA) is 61.9 Å². The van der Waals surface area contributed by atoms with Crippen LogP contribution < -0.4 is 5.32 Å². The normalized spacial score (nSPS) is 14.6. The summed E-state index contributed by atoms with van der Waals surface area (Å²) in [5, 5.41) is 3.67. The Balaban J connectivity index is 1.54. The Labute approximate surface area is 225 Å². The molecule has 2 aromatic carbocycles. The molecule has 0 saturated carbocycles. The fourth-order valence-corrected chi connectivity index (χ4v) is 5.22. The van der Waals surface area contributed by atoms with Crippen molar-refractivity contribution in [2.45, 2.75) is 51.3 Å². The molecule has 0 aliphatic carbocycles. The van der Waals surface area contributed by atoms with Crippen LogP contribution in [-0.2, 0) is 17.8 Å². The van der Waals surface area contributed by atoms with Gasteiger partial charge in [-0.3, -0.25) is 9.69 Å². The highest BCUT2D eigenvalue weighted by Gasteiger charge is 2.26. The van der Waals surface area contributed by atoms with Gasteiger partial charge in [-0.15, -0.1) is 11.8 Å². The van der Waals surface area contributed by atoms with Crippen LogP contribution in [0.2, 0.25) is 5.02 Å². The van der Waals surface area contributed by atoms with Crippen LogP contribution in [0.15, 0.2) is 45.8 Å². The predicted octanol–water partition coefficient (Wildman–Crippen LogP) is 6.20.